The highest BCUT2D eigenvalue weighted by Gasteiger charge is 2.22. The molecule has 1 fully saturated rings. The Balaban J connectivity index is 1.91. The van der Waals surface area contributed by atoms with Gasteiger partial charge < -0.3 is 5.11 Å². The van der Waals surface area contributed by atoms with Gasteiger partial charge in [0.15, 0.2) is 0 Å². The van der Waals surface area contributed by atoms with E-state index in [0.717, 1.165) is 21.9 Å². The van der Waals surface area contributed by atoms with Crippen molar-refractivity contribution in [2.24, 2.45) is 0 Å². The first-order valence-electron chi connectivity index (χ1n) is 6.73. The molecule has 0 aliphatic carbocycles. The van der Waals surface area contributed by atoms with Gasteiger partial charge in [-0.1, -0.05) is 25.7 Å². The van der Waals surface area contributed by atoms with Crippen LogP contribution in [-0.4, -0.2) is 40.2 Å². The number of nitrogens with zero attached hydrogens (tertiary/aromatic N) is 1. The molecule has 1 N–H and O–H groups in total. The second-order valence-corrected chi connectivity index (χ2v) is 8.04. The van der Waals surface area contributed by atoms with E-state index in [9.17, 15) is 0 Å². The second kappa shape index (κ2) is 7.35. The number of hydrogen-bond acceptors (Lipinski definition) is 4. The number of aliphatic hydroxyl groups excluding tert-OH is 1. The first kappa shape index (κ1) is 14.9. The largest absolute Gasteiger partial charge is 0.395 e. The summed E-state index contributed by atoms with van der Waals surface area (Å²) >= 11 is 3.87. The average molecular weight is 295 g/mol. The van der Waals surface area contributed by atoms with Gasteiger partial charge in [-0.25, -0.2) is 0 Å². The van der Waals surface area contributed by atoms with Crippen LogP contribution >= 0.6 is 23.1 Å². The highest BCUT2D eigenvalue weighted by atomic mass is 32.2. The van der Waals surface area contributed by atoms with E-state index in [1.54, 1.807) is 11.3 Å². The van der Waals surface area contributed by atoms with Crippen molar-refractivity contribution in [1.82, 2.24) is 4.90 Å². The van der Waals surface area contributed by atoms with Crippen LogP contribution in [0.25, 0.3) is 0 Å². The molecule has 0 radical (unpaired) electrons. The predicted molar refractivity (Wildman–Crippen MR) is 84.7 cm³/mol. The highest BCUT2D eigenvalue weighted by molar-refractivity contribution is 8.00. The van der Waals surface area contributed by atoms with E-state index >= 15 is 0 Å². The van der Waals surface area contributed by atoms with Crippen LogP contribution in [0.15, 0.2) is 12.1 Å². The Bertz CT molecular complexity index is 450. The third kappa shape index (κ3) is 4.85. The van der Waals surface area contributed by atoms with Crippen molar-refractivity contribution in [2.45, 2.75) is 37.3 Å². The van der Waals surface area contributed by atoms with Gasteiger partial charge in [0, 0.05) is 41.4 Å². The van der Waals surface area contributed by atoms with Crippen molar-refractivity contribution < 1.29 is 5.11 Å². The first-order chi connectivity index (χ1) is 9.17. The summed E-state index contributed by atoms with van der Waals surface area (Å²) in [6, 6.07) is 4.28. The zero-order chi connectivity index (χ0) is 13.7. The highest BCUT2D eigenvalue weighted by Crippen LogP contribution is 2.27. The molecule has 4 heteroatoms. The lowest BCUT2D eigenvalue weighted by molar-refractivity contribution is 0.265. The maximum atomic E-state index is 8.71. The Morgan fingerprint density at radius 2 is 2.05 bits per heavy atom. The van der Waals surface area contributed by atoms with Crippen LogP contribution in [0.2, 0.25) is 0 Å². The van der Waals surface area contributed by atoms with E-state index in [-0.39, 0.29) is 6.61 Å². The Hall–Kier alpha value is -0.470. The number of thioether (sulfide) groups is 1. The summed E-state index contributed by atoms with van der Waals surface area (Å²) in [7, 11) is 0. The zero-order valence-corrected chi connectivity index (χ0v) is 13.2. The van der Waals surface area contributed by atoms with E-state index in [2.05, 4.69) is 54.5 Å². The maximum Gasteiger partial charge on any atom is 0.0771 e. The molecular formula is C15H21NOS2. The van der Waals surface area contributed by atoms with Crippen molar-refractivity contribution in [3.05, 3.63) is 21.9 Å². The van der Waals surface area contributed by atoms with E-state index < -0.39 is 0 Å². The summed E-state index contributed by atoms with van der Waals surface area (Å²) in [4.78, 5) is 5.04. The molecule has 0 aromatic carbocycles. The number of thiophene rings is 1. The molecule has 1 aromatic heterocycles. The molecule has 0 saturated carbocycles. The molecule has 2 atom stereocenters. The van der Waals surface area contributed by atoms with Gasteiger partial charge in [-0.2, -0.15) is 11.8 Å². The number of rotatable bonds is 3. The summed E-state index contributed by atoms with van der Waals surface area (Å²) in [5.74, 6) is 6.08. The smallest absolute Gasteiger partial charge is 0.0771 e. The van der Waals surface area contributed by atoms with Crippen LogP contribution in [0.4, 0.5) is 0 Å². The molecule has 1 aliphatic heterocycles. The summed E-state index contributed by atoms with van der Waals surface area (Å²) in [6.07, 6.45) is 0.561. The normalized spacial score (nSPS) is 23.9. The van der Waals surface area contributed by atoms with Crippen molar-refractivity contribution in [1.29, 1.82) is 0 Å². The lowest BCUT2D eigenvalue weighted by atomic mass is 10.3. The van der Waals surface area contributed by atoms with Crippen LogP contribution in [0.1, 0.15) is 30.0 Å². The summed E-state index contributed by atoms with van der Waals surface area (Å²) < 4.78 is 0. The van der Waals surface area contributed by atoms with Crippen LogP contribution < -0.4 is 0 Å². The van der Waals surface area contributed by atoms with Crippen LogP contribution in [0.3, 0.4) is 0 Å². The Morgan fingerprint density at radius 3 is 2.74 bits per heavy atom. The van der Waals surface area contributed by atoms with Gasteiger partial charge in [-0.3, -0.25) is 4.90 Å². The van der Waals surface area contributed by atoms with E-state index in [1.165, 1.54) is 18.0 Å². The fraction of sp³-hybridized carbons (Fsp3) is 0.600. The van der Waals surface area contributed by atoms with Gasteiger partial charge in [0.25, 0.3) is 0 Å². The molecule has 2 nitrogen and oxygen atoms in total. The lowest BCUT2D eigenvalue weighted by Gasteiger charge is -2.34. The van der Waals surface area contributed by atoms with Gasteiger partial charge in [-0.15, -0.1) is 11.3 Å². The van der Waals surface area contributed by atoms with Crippen LogP contribution in [0, 0.1) is 11.8 Å². The van der Waals surface area contributed by atoms with Crippen LogP contribution in [0.5, 0.6) is 0 Å². The van der Waals surface area contributed by atoms with Gasteiger partial charge in [0.1, 0.15) is 0 Å². The molecule has 0 spiro atoms. The predicted octanol–water partition coefficient (Wildman–Crippen LogP) is 2.81. The topological polar surface area (TPSA) is 23.5 Å². The SMILES string of the molecule is CC1CN(Cc2ccc(C#CCCO)s2)CC(C)S1. The summed E-state index contributed by atoms with van der Waals surface area (Å²) in [5, 5.41) is 10.2. The minimum absolute atomic E-state index is 0.145. The monoisotopic (exact) mass is 295 g/mol. The fourth-order valence-electron chi connectivity index (χ4n) is 2.37. The minimum Gasteiger partial charge on any atom is -0.395 e. The molecule has 1 saturated heterocycles. The molecule has 104 valence electrons. The van der Waals surface area contributed by atoms with Crippen molar-refractivity contribution in [3.63, 3.8) is 0 Å². The van der Waals surface area contributed by atoms with E-state index in [4.69, 9.17) is 5.11 Å². The maximum absolute atomic E-state index is 8.71. The van der Waals surface area contributed by atoms with Gasteiger partial charge in [0.2, 0.25) is 0 Å². The second-order valence-electron chi connectivity index (χ2n) is 4.99. The molecule has 2 unspecified atom stereocenters. The Morgan fingerprint density at radius 1 is 1.32 bits per heavy atom. The van der Waals surface area contributed by atoms with Gasteiger partial charge in [0.05, 0.1) is 11.5 Å². The Kier molecular flexibility index (Phi) is 5.77. The summed E-state index contributed by atoms with van der Waals surface area (Å²) in [6.45, 7) is 8.17. The molecule has 1 aliphatic rings. The minimum atomic E-state index is 0.145. The zero-order valence-electron chi connectivity index (χ0n) is 11.6. The fourth-order valence-corrected chi connectivity index (χ4v) is 4.68. The molecule has 0 bridgehead atoms. The molecular weight excluding hydrogens is 274 g/mol. The molecule has 0 amide bonds. The molecule has 2 heterocycles. The van der Waals surface area contributed by atoms with Gasteiger partial charge >= 0.3 is 0 Å². The third-order valence-electron chi connectivity index (χ3n) is 2.98. The van der Waals surface area contributed by atoms with Gasteiger partial charge in [-0.05, 0) is 12.1 Å². The number of hydrogen-bond donors (Lipinski definition) is 1. The van der Waals surface area contributed by atoms with Crippen LogP contribution in [-0.2, 0) is 6.54 Å². The number of aliphatic hydroxyl groups is 1. The average Bonchev–Trinajstić information content (AvgIpc) is 2.76. The van der Waals surface area contributed by atoms with Crippen molar-refractivity contribution >= 4 is 23.1 Å². The van der Waals surface area contributed by atoms with E-state index in [0.29, 0.717) is 6.42 Å². The van der Waals surface area contributed by atoms with Crippen molar-refractivity contribution in [2.75, 3.05) is 19.7 Å². The lowest BCUT2D eigenvalue weighted by Crippen LogP contribution is -2.39. The third-order valence-corrected chi connectivity index (χ3v) is 5.20. The standard InChI is InChI=1S/C15H21NOS2/c1-12-9-16(10-13(2)18-12)11-15-7-6-14(19-15)5-3-4-8-17/h6-7,12-13,17H,4,8-11H2,1-2H3. The quantitative estimate of drug-likeness (QED) is 0.868. The molecule has 1 aromatic rings. The first-order valence-corrected chi connectivity index (χ1v) is 8.49. The van der Waals surface area contributed by atoms with Crippen molar-refractivity contribution in [3.8, 4) is 11.8 Å². The molecule has 2 rings (SSSR count). The summed E-state index contributed by atoms with van der Waals surface area (Å²) in [5.41, 5.74) is 0. The molecule has 19 heavy (non-hydrogen) atoms. The Labute approximate surface area is 124 Å². The van der Waals surface area contributed by atoms with E-state index in [1.807, 2.05) is 0 Å².